The van der Waals surface area contributed by atoms with Gasteiger partial charge in [0.15, 0.2) is 0 Å². The quantitative estimate of drug-likeness (QED) is 0.754. The topological polar surface area (TPSA) is 34.1 Å². The number of benzene rings is 1. The van der Waals surface area contributed by atoms with E-state index in [1.165, 1.54) is 14.8 Å². The van der Waals surface area contributed by atoms with Crippen LogP contribution in [0.4, 0.5) is 0 Å². The van der Waals surface area contributed by atoms with Gasteiger partial charge in [-0.05, 0) is 31.3 Å². The average molecular weight is 320 g/mol. The van der Waals surface area contributed by atoms with Gasteiger partial charge in [0.2, 0.25) is 0 Å². The zero-order valence-electron chi connectivity index (χ0n) is 12.8. The van der Waals surface area contributed by atoms with E-state index in [1.54, 1.807) is 22.7 Å². The van der Waals surface area contributed by atoms with Crippen LogP contribution < -0.4 is 10.1 Å². The third-order valence-electron chi connectivity index (χ3n) is 3.60. The van der Waals surface area contributed by atoms with E-state index in [0.29, 0.717) is 5.92 Å². The fourth-order valence-electron chi connectivity index (χ4n) is 2.46. The maximum Gasteiger partial charge on any atom is 0.130 e. The summed E-state index contributed by atoms with van der Waals surface area (Å²) < 4.78 is 8.78. The molecule has 3 rings (SSSR count). The van der Waals surface area contributed by atoms with Gasteiger partial charge >= 0.3 is 0 Å². The number of thiazole rings is 1. The summed E-state index contributed by atoms with van der Waals surface area (Å²) in [5.74, 6) is 1.45. The van der Waals surface area contributed by atoms with Crippen molar-refractivity contribution in [1.29, 1.82) is 0 Å². The second-order valence-electron chi connectivity index (χ2n) is 5.58. The summed E-state index contributed by atoms with van der Waals surface area (Å²) in [5, 5.41) is 7.62. The van der Waals surface area contributed by atoms with E-state index >= 15 is 0 Å². The van der Waals surface area contributed by atoms with Gasteiger partial charge in [-0.1, -0.05) is 13.8 Å². The lowest BCUT2D eigenvalue weighted by Gasteiger charge is -2.23. The Bertz CT molecular complexity index is 760. The molecule has 0 bridgehead atoms. The molecule has 1 N–H and O–H groups in total. The Morgan fingerprint density at radius 2 is 2.19 bits per heavy atom. The summed E-state index contributed by atoms with van der Waals surface area (Å²) in [6, 6.07) is 4.29. The molecule has 0 aliphatic carbocycles. The summed E-state index contributed by atoms with van der Waals surface area (Å²) in [4.78, 5) is 4.67. The molecule has 0 spiro atoms. The first-order valence-electron chi connectivity index (χ1n) is 7.18. The fraction of sp³-hybridized carbons (Fsp3) is 0.438. The van der Waals surface area contributed by atoms with Crippen LogP contribution in [0.25, 0.3) is 20.3 Å². The van der Waals surface area contributed by atoms with E-state index in [9.17, 15) is 0 Å². The number of fused-ring (bicyclic) bond motifs is 3. The van der Waals surface area contributed by atoms with Crippen molar-refractivity contribution >= 4 is 43.0 Å². The number of aromatic nitrogens is 1. The molecule has 0 fully saturated rings. The van der Waals surface area contributed by atoms with Crippen LogP contribution in [0.5, 0.6) is 5.75 Å². The Kier molecular flexibility index (Phi) is 4.15. The molecule has 0 saturated heterocycles. The molecule has 0 aliphatic rings. The lowest BCUT2D eigenvalue weighted by molar-refractivity contribution is 0.154. The van der Waals surface area contributed by atoms with E-state index in [1.807, 2.05) is 7.05 Å². The molecule has 0 aliphatic heterocycles. The molecule has 1 atom stereocenters. The highest BCUT2D eigenvalue weighted by Crippen LogP contribution is 2.39. The molecule has 3 nitrogen and oxygen atoms in total. The van der Waals surface area contributed by atoms with Crippen LogP contribution >= 0.6 is 22.7 Å². The Balaban J connectivity index is 2.09. The molecule has 3 aromatic rings. The molecular weight excluding hydrogens is 300 g/mol. The number of thiophene rings is 1. The van der Waals surface area contributed by atoms with E-state index < -0.39 is 0 Å². The minimum Gasteiger partial charge on any atom is -0.488 e. The Labute approximate surface area is 133 Å². The van der Waals surface area contributed by atoms with Crippen molar-refractivity contribution in [3.05, 3.63) is 22.5 Å². The van der Waals surface area contributed by atoms with Gasteiger partial charge in [0.1, 0.15) is 11.9 Å². The minimum atomic E-state index is 0.171. The van der Waals surface area contributed by atoms with Crippen LogP contribution in [0.2, 0.25) is 0 Å². The number of hydrogen-bond acceptors (Lipinski definition) is 5. The summed E-state index contributed by atoms with van der Waals surface area (Å²) in [6.07, 6.45) is 0.171. The van der Waals surface area contributed by atoms with Crippen molar-refractivity contribution in [1.82, 2.24) is 10.3 Å². The van der Waals surface area contributed by atoms with E-state index in [-0.39, 0.29) is 6.10 Å². The lowest BCUT2D eigenvalue weighted by atomic mass is 10.1. The summed E-state index contributed by atoms with van der Waals surface area (Å²) >= 11 is 3.47. The Morgan fingerprint density at radius 1 is 1.38 bits per heavy atom. The van der Waals surface area contributed by atoms with Gasteiger partial charge in [-0.15, -0.1) is 22.7 Å². The summed E-state index contributed by atoms with van der Waals surface area (Å²) in [5.41, 5.74) is 1.12. The predicted molar refractivity (Wildman–Crippen MR) is 92.9 cm³/mol. The Morgan fingerprint density at radius 3 is 2.90 bits per heavy atom. The van der Waals surface area contributed by atoms with Crippen molar-refractivity contribution < 1.29 is 4.74 Å². The Hall–Kier alpha value is -1.17. The normalized spacial score (nSPS) is 13.4. The molecule has 1 unspecified atom stereocenters. The molecule has 2 aromatic heterocycles. The van der Waals surface area contributed by atoms with Crippen LogP contribution in [-0.2, 0) is 0 Å². The first-order chi connectivity index (χ1) is 10.1. The van der Waals surface area contributed by atoms with Crippen molar-refractivity contribution in [2.45, 2.75) is 26.9 Å². The van der Waals surface area contributed by atoms with Gasteiger partial charge in [-0.3, -0.25) is 0 Å². The van der Waals surface area contributed by atoms with E-state index in [0.717, 1.165) is 22.8 Å². The molecule has 5 heteroatoms. The number of aryl methyl sites for hydroxylation is 1. The van der Waals surface area contributed by atoms with Gasteiger partial charge in [0.05, 0.1) is 19.9 Å². The van der Waals surface area contributed by atoms with Gasteiger partial charge in [-0.25, -0.2) is 4.98 Å². The number of rotatable bonds is 5. The molecule has 0 amide bonds. The molecule has 0 radical (unpaired) electrons. The largest absolute Gasteiger partial charge is 0.488 e. The maximum absolute atomic E-state index is 6.33. The number of nitrogens with one attached hydrogen (secondary N) is 1. The van der Waals surface area contributed by atoms with E-state index in [4.69, 9.17) is 4.74 Å². The van der Waals surface area contributed by atoms with Crippen molar-refractivity contribution in [3.8, 4) is 5.75 Å². The molecule has 2 heterocycles. The zero-order chi connectivity index (χ0) is 15.0. The first kappa shape index (κ1) is 14.8. The van der Waals surface area contributed by atoms with Gasteiger partial charge in [0, 0.05) is 18.0 Å². The van der Waals surface area contributed by atoms with Gasteiger partial charge < -0.3 is 10.1 Å². The number of hydrogen-bond donors (Lipinski definition) is 1. The smallest absolute Gasteiger partial charge is 0.130 e. The van der Waals surface area contributed by atoms with Crippen LogP contribution in [0.1, 0.15) is 18.9 Å². The summed E-state index contributed by atoms with van der Waals surface area (Å²) in [6.45, 7) is 7.30. The predicted octanol–water partition coefficient (Wildman–Crippen LogP) is 4.44. The van der Waals surface area contributed by atoms with Crippen LogP contribution in [0.3, 0.4) is 0 Å². The van der Waals surface area contributed by atoms with Crippen LogP contribution in [0.15, 0.2) is 17.5 Å². The SMILES string of the molecule is CNCC(Oc1cc2sc(C)nc2c2sccc12)C(C)C. The first-order valence-corrected chi connectivity index (χ1v) is 8.88. The highest BCUT2D eigenvalue weighted by atomic mass is 32.1. The number of ether oxygens (including phenoxy) is 1. The molecule has 1 aromatic carbocycles. The van der Waals surface area contributed by atoms with Crippen LogP contribution in [0, 0.1) is 12.8 Å². The van der Waals surface area contributed by atoms with Crippen LogP contribution in [-0.4, -0.2) is 24.7 Å². The standard InChI is InChI=1S/C16H20N2OS2/c1-9(2)13(8-17-4)19-12-7-14-15(18-10(3)21-14)16-11(12)5-6-20-16/h5-7,9,13,17H,8H2,1-4H3. The van der Waals surface area contributed by atoms with Gasteiger partial charge in [-0.2, -0.15) is 0 Å². The van der Waals surface area contributed by atoms with Crippen molar-refractivity contribution in [2.24, 2.45) is 5.92 Å². The lowest BCUT2D eigenvalue weighted by Crippen LogP contribution is -2.33. The number of likely N-dealkylation sites (N-methyl/N-ethyl adjacent to an activating group) is 1. The zero-order valence-corrected chi connectivity index (χ0v) is 14.4. The van der Waals surface area contributed by atoms with Crippen molar-refractivity contribution in [2.75, 3.05) is 13.6 Å². The summed E-state index contributed by atoms with van der Waals surface area (Å²) in [7, 11) is 1.97. The molecular formula is C16H20N2OS2. The second-order valence-corrected chi connectivity index (χ2v) is 7.73. The molecule has 0 saturated carbocycles. The number of nitrogens with zero attached hydrogens (tertiary/aromatic N) is 1. The minimum absolute atomic E-state index is 0.171. The molecule has 112 valence electrons. The maximum atomic E-state index is 6.33. The fourth-order valence-corrected chi connectivity index (χ4v) is 4.30. The monoisotopic (exact) mass is 320 g/mol. The van der Waals surface area contributed by atoms with Gasteiger partial charge in [0.25, 0.3) is 0 Å². The molecule has 21 heavy (non-hydrogen) atoms. The highest BCUT2D eigenvalue weighted by Gasteiger charge is 2.18. The highest BCUT2D eigenvalue weighted by molar-refractivity contribution is 7.21. The van der Waals surface area contributed by atoms with Crippen molar-refractivity contribution in [3.63, 3.8) is 0 Å². The third kappa shape index (κ3) is 2.78. The second kappa shape index (κ2) is 5.91. The third-order valence-corrected chi connectivity index (χ3v) is 5.43. The average Bonchev–Trinajstić information content (AvgIpc) is 3.03. The van der Waals surface area contributed by atoms with E-state index in [2.05, 4.69) is 48.6 Å².